The Hall–Kier alpha value is -0.610. The highest BCUT2D eigenvalue weighted by Crippen LogP contribution is 2.64. The van der Waals surface area contributed by atoms with Gasteiger partial charge in [-0.15, -0.1) is 0 Å². The number of carbonyl (C=O) groups is 1. The second-order valence-electron chi connectivity index (χ2n) is 5.71. The van der Waals surface area contributed by atoms with Gasteiger partial charge in [0.15, 0.2) is 6.29 Å². The molecule has 16 heavy (non-hydrogen) atoms. The second kappa shape index (κ2) is 2.62. The molecule has 5 aliphatic rings. The zero-order valence-electron chi connectivity index (χ0n) is 9.40. The van der Waals surface area contributed by atoms with Gasteiger partial charge in [-0.3, -0.25) is 4.79 Å². The van der Waals surface area contributed by atoms with Gasteiger partial charge in [0.05, 0.1) is 11.5 Å². The minimum absolute atomic E-state index is 0.0940. The summed E-state index contributed by atoms with van der Waals surface area (Å²) >= 11 is 0. The van der Waals surface area contributed by atoms with E-state index >= 15 is 0 Å². The van der Waals surface area contributed by atoms with Crippen LogP contribution >= 0.6 is 0 Å². The van der Waals surface area contributed by atoms with E-state index in [1.807, 2.05) is 0 Å². The zero-order valence-corrected chi connectivity index (χ0v) is 9.40. The van der Waals surface area contributed by atoms with Crippen LogP contribution in [-0.2, 0) is 19.0 Å². The van der Waals surface area contributed by atoms with Crippen LogP contribution < -0.4 is 0 Å². The molecule has 1 aliphatic carbocycles. The van der Waals surface area contributed by atoms with Crippen molar-refractivity contribution in [1.82, 2.24) is 0 Å². The fourth-order valence-electron chi connectivity index (χ4n) is 4.22. The van der Waals surface area contributed by atoms with Crippen molar-refractivity contribution in [3.05, 3.63) is 0 Å². The van der Waals surface area contributed by atoms with Gasteiger partial charge >= 0.3 is 5.97 Å². The van der Waals surface area contributed by atoms with Crippen molar-refractivity contribution in [3.8, 4) is 0 Å². The number of hydrogen-bond donors (Lipinski definition) is 0. The number of carbonyl (C=O) groups excluding carboxylic acids is 1. The van der Waals surface area contributed by atoms with Gasteiger partial charge in [-0.1, -0.05) is 6.92 Å². The summed E-state index contributed by atoms with van der Waals surface area (Å²) in [6.07, 6.45) is 4.39. The molecule has 4 saturated heterocycles. The SMILES string of the molecule is C[C@@]12[C@@H]3CC(=O)O[C@@]14CCC[C@H]2O[C@@H](C3)O4. The highest BCUT2D eigenvalue weighted by molar-refractivity contribution is 5.72. The predicted molar refractivity (Wildman–Crippen MR) is 53.3 cm³/mol. The van der Waals surface area contributed by atoms with Crippen LogP contribution in [0.5, 0.6) is 0 Å². The minimum Gasteiger partial charge on any atom is -0.432 e. The van der Waals surface area contributed by atoms with Gasteiger partial charge in [-0.2, -0.15) is 0 Å². The second-order valence-corrected chi connectivity index (χ2v) is 5.71. The molecule has 0 amide bonds. The monoisotopic (exact) mass is 224 g/mol. The molecule has 88 valence electrons. The minimum atomic E-state index is -0.670. The molecule has 0 radical (unpaired) electrons. The van der Waals surface area contributed by atoms with Crippen LogP contribution in [0, 0.1) is 11.3 Å². The lowest BCUT2D eigenvalue weighted by molar-refractivity contribution is -0.470. The van der Waals surface area contributed by atoms with Crippen molar-refractivity contribution in [3.63, 3.8) is 0 Å². The normalized spacial score (nSPS) is 58.3. The summed E-state index contributed by atoms with van der Waals surface area (Å²) in [6, 6.07) is 0. The third-order valence-corrected chi connectivity index (χ3v) is 5.12. The number of esters is 1. The Labute approximate surface area is 94.2 Å². The van der Waals surface area contributed by atoms with Crippen LogP contribution in [-0.4, -0.2) is 24.2 Å². The smallest absolute Gasteiger partial charge is 0.308 e. The van der Waals surface area contributed by atoms with E-state index in [4.69, 9.17) is 14.2 Å². The molecule has 4 aliphatic heterocycles. The molecule has 4 nitrogen and oxygen atoms in total. The summed E-state index contributed by atoms with van der Waals surface area (Å²) in [6.45, 7) is 2.18. The van der Waals surface area contributed by atoms with E-state index in [-0.39, 0.29) is 23.8 Å². The van der Waals surface area contributed by atoms with Crippen LogP contribution in [0.4, 0.5) is 0 Å². The van der Waals surface area contributed by atoms with Crippen molar-refractivity contribution in [2.75, 3.05) is 0 Å². The Balaban J connectivity index is 1.88. The average molecular weight is 224 g/mol. The van der Waals surface area contributed by atoms with Gasteiger partial charge < -0.3 is 14.2 Å². The van der Waals surface area contributed by atoms with Gasteiger partial charge in [0.2, 0.25) is 5.79 Å². The lowest BCUT2D eigenvalue weighted by Crippen LogP contribution is -2.74. The molecule has 0 unspecified atom stereocenters. The van der Waals surface area contributed by atoms with E-state index in [2.05, 4.69) is 6.92 Å². The Morgan fingerprint density at radius 2 is 2.31 bits per heavy atom. The summed E-state index contributed by atoms with van der Waals surface area (Å²) in [5, 5.41) is 0. The van der Waals surface area contributed by atoms with Crippen LogP contribution in [0.15, 0.2) is 0 Å². The number of ether oxygens (including phenoxy) is 3. The molecule has 0 N–H and O–H groups in total. The quantitative estimate of drug-likeness (QED) is 0.586. The van der Waals surface area contributed by atoms with Gasteiger partial charge in [0.1, 0.15) is 0 Å². The summed E-state index contributed by atoms with van der Waals surface area (Å²) < 4.78 is 17.4. The number of hydrogen-bond acceptors (Lipinski definition) is 4. The van der Waals surface area contributed by atoms with E-state index < -0.39 is 5.79 Å². The van der Waals surface area contributed by atoms with E-state index in [0.29, 0.717) is 12.3 Å². The van der Waals surface area contributed by atoms with Crippen molar-refractivity contribution in [2.24, 2.45) is 11.3 Å². The van der Waals surface area contributed by atoms with E-state index in [9.17, 15) is 4.79 Å². The highest BCUT2D eigenvalue weighted by Gasteiger charge is 2.72. The molecule has 0 spiro atoms. The first kappa shape index (κ1) is 9.42. The van der Waals surface area contributed by atoms with Crippen molar-refractivity contribution in [2.45, 2.75) is 57.2 Å². The lowest BCUT2D eigenvalue weighted by atomic mass is 9.55. The van der Waals surface area contributed by atoms with E-state index in [1.54, 1.807) is 0 Å². The molecular weight excluding hydrogens is 208 g/mol. The fraction of sp³-hybridized carbons (Fsp3) is 0.917. The third-order valence-electron chi connectivity index (χ3n) is 5.12. The molecule has 5 fully saturated rings. The molecule has 5 bridgehead atoms. The molecule has 0 aromatic carbocycles. The third kappa shape index (κ3) is 0.843. The maximum Gasteiger partial charge on any atom is 0.308 e. The molecular formula is C12H16O4. The predicted octanol–water partition coefficient (Wildman–Crippen LogP) is 1.58. The van der Waals surface area contributed by atoms with Crippen LogP contribution in [0.25, 0.3) is 0 Å². The lowest BCUT2D eigenvalue weighted by Gasteiger charge is -2.67. The van der Waals surface area contributed by atoms with E-state index in [0.717, 1.165) is 25.7 Å². The zero-order chi connectivity index (χ0) is 11.0. The van der Waals surface area contributed by atoms with Crippen LogP contribution in [0.1, 0.15) is 39.0 Å². The topological polar surface area (TPSA) is 44.8 Å². The fourth-order valence-corrected chi connectivity index (χ4v) is 4.22. The van der Waals surface area contributed by atoms with E-state index in [1.165, 1.54) is 0 Å². The first-order valence-electron chi connectivity index (χ1n) is 6.19. The summed E-state index contributed by atoms with van der Waals surface area (Å²) in [5.41, 5.74) is -0.117. The average Bonchev–Trinajstić information content (AvgIpc) is 2.16. The van der Waals surface area contributed by atoms with Gasteiger partial charge in [0, 0.05) is 19.3 Å². The summed E-state index contributed by atoms with van der Waals surface area (Å²) in [5.74, 6) is -0.382. The maximum absolute atomic E-state index is 11.6. The van der Waals surface area contributed by atoms with Crippen LogP contribution in [0.3, 0.4) is 0 Å². The van der Waals surface area contributed by atoms with Gasteiger partial charge in [-0.05, 0) is 18.8 Å². The highest BCUT2D eigenvalue weighted by atomic mass is 16.8. The molecule has 5 atom stereocenters. The molecule has 4 heterocycles. The molecule has 1 saturated carbocycles. The molecule has 5 rings (SSSR count). The van der Waals surface area contributed by atoms with Crippen molar-refractivity contribution < 1.29 is 19.0 Å². The van der Waals surface area contributed by atoms with Crippen LogP contribution in [0.2, 0.25) is 0 Å². The van der Waals surface area contributed by atoms with Gasteiger partial charge in [0.25, 0.3) is 0 Å². The number of rotatable bonds is 0. The Kier molecular flexibility index (Phi) is 1.54. The maximum atomic E-state index is 11.6. The largest absolute Gasteiger partial charge is 0.432 e. The summed E-state index contributed by atoms with van der Waals surface area (Å²) in [7, 11) is 0. The first-order valence-corrected chi connectivity index (χ1v) is 6.19. The van der Waals surface area contributed by atoms with Crippen molar-refractivity contribution in [1.29, 1.82) is 0 Å². The standard InChI is InChI=1S/C12H16O4/c1-11-7-5-9(13)15-12(11)4-2-3-8(11)14-10(6-7)16-12/h7-8,10H,2-6H2,1H3/t7-,8-,10-,11+,12-/m1/s1. The molecule has 4 heteroatoms. The van der Waals surface area contributed by atoms with Gasteiger partial charge in [-0.25, -0.2) is 0 Å². The Morgan fingerprint density at radius 3 is 3.19 bits per heavy atom. The molecule has 0 aromatic rings. The summed E-state index contributed by atoms with van der Waals surface area (Å²) in [4.78, 5) is 11.6. The Morgan fingerprint density at radius 1 is 1.44 bits per heavy atom. The van der Waals surface area contributed by atoms with Crippen molar-refractivity contribution >= 4 is 5.97 Å². The first-order chi connectivity index (χ1) is 7.64. The Bertz CT molecular complexity index is 368. The molecule has 0 aromatic heterocycles.